The van der Waals surface area contributed by atoms with Crippen LogP contribution in [0.1, 0.15) is 23.5 Å². The zero-order valence-corrected chi connectivity index (χ0v) is 16.0. The molecule has 1 saturated heterocycles. The zero-order valence-electron chi connectivity index (χ0n) is 16.0. The summed E-state index contributed by atoms with van der Waals surface area (Å²) in [5.41, 5.74) is 3.67. The Morgan fingerprint density at radius 1 is 0.893 bits per heavy atom. The lowest BCUT2D eigenvalue weighted by atomic mass is 10.0. The fourth-order valence-electron chi connectivity index (χ4n) is 3.69. The number of hydrogen-bond donors (Lipinski definition) is 1. The summed E-state index contributed by atoms with van der Waals surface area (Å²) in [7, 11) is 0. The number of aliphatic hydroxyl groups excluding tert-OH is 1. The minimum Gasteiger partial charge on any atom is -0.374 e. The minimum absolute atomic E-state index is 0.0194. The van der Waals surface area contributed by atoms with Crippen molar-refractivity contribution in [3.8, 4) is 11.1 Å². The molecule has 4 rings (SSSR count). The Hall–Kier alpha value is -3.05. The van der Waals surface area contributed by atoms with E-state index in [0.29, 0.717) is 18.7 Å². The van der Waals surface area contributed by atoms with E-state index >= 15 is 0 Å². The average Bonchev–Trinajstić information content (AvgIpc) is 3.20. The van der Waals surface area contributed by atoms with Crippen molar-refractivity contribution >= 4 is 11.6 Å². The van der Waals surface area contributed by atoms with Gasteiger partial charge in [0, 0.05) is 49.8 Å². The summed E-state index contributed by atoms with van der Waals surface area (Å²) < 4.78 is 1.69. The van der Waals surface area contributed by atoms with Crippen molar-refractivity contribution < 1.29 is 9.90 Å². The van der Waals surface area contributed by atoms with Gasteiger partial charge in [0.25, 0.3) is 5.91 Å². The second kappa shape index (κ2) is 7.90. The molecule has 2 aromatic carbocycles. The number of para-hydroxylation sites is 1. The second-order valence-electron chi connectivity index (χ2n) is 7.15. The van der Waals surface area contributed by atoms with E-state index in [2.05, 4.69) is 17.0 Å². The molecule has 0 radical (unpaired) electrons. The van der Waals surface area contributed by atoms with Crippen molar-refractivity contribution in [1.82, 2.24) is 9.47 Å². The van der Waals surface area contributed by atoms with E-state index in [0.717, 1.165) is 24.2 Å². The monoisotopic (exact) mass is 375 g/mol. The fraction of sp³-hybridized carbons (Fsp3) is 0.261. The summed E-state index contributed by atoms with van der Waals surface area (Å²) in [6.07, 6.45) is 2.94. The number of aromatic nitrogens is 1. The SMILES string of the molecule is CC(O)n1cc(C(=O)N2CCN(c3ccccc3)CC2)c(-c2ccccc2)c1. The number of rotatable bonds is 4. The van der Waals surface area contributed by atoms with Gasteiger partial charge in [0.1, 0.15) is 6.23 Å². The Labute approximate surface area is 165 Å². The Morgan fingerprint density at radius 2 is 1.50 bits per heavy atom. The van der Waals surface area contributed by atoms with Crippen LogP contribution in [0.4, 0.5) is 5.69 Å². The maximum absolute atomic E-state index is 13.3. The van der Waals surface area contributed by atoms with Gasteiger partial charge in [-0.25, -0.2) is 0 Å². The number of benzene rings is 2. The number of amides is 1. The van der Waals surface area contributed by atoms with Gasteiger partial charge in [-0.05, 0) is 24.6 Å². The smallest absolute Gasteiger partial charge is 0.256 e. The lowest BCUT2D eigenvalue weighted by molar-refractivity contribution is 0.0746. The van der Waals surface area contributed by atoms with Gasteiger partial charge in [-0.15, -0.1) is 0 Å². The topological polar surface area (TPSA) is 48.7 Å². The van der Waals surface area contributed by atoms with Crippen LogP contribution in [0, 0.1) is 0 Å². The minimum atomic E-state index is -0.682. The molecule has 0 bridgehead atoms. The first kappa shape index (κ1) is 18.3. The van der Waals surface area contributed by atoms with Crippen molar-refractivity contribution in [2.45, 2.75) is 13.2 Å². The van der Waals surface area contributed by atoms with Gasteiger partial charge in [-0.2, -0.15) is 0 Å². The number of anilines is 1. The molecule has 28 heavy (non-hydrogen) atoms. The van der Waals surface area contributed by atoms with Gasteiger partial charge >= 0.3 is 0 Å². The summed E-state index contributed by atoms with van der Waals surface area (Å²) in [5, 5.41) is 9.99. The van der Waals surface area contributed by atoms with Crippen LogP contribution in [0.3, 0.4) is 0 Å². The van der Waals surface area contributed by atoms with Crippen molar-refractivity contribution in [3.63, 3.8) is 0 Å². The molecule has 1 aromatic heterocycles. The molecule has 1 unspecified atom stereocenters. The molecule has 1 aliphatic rings. The molecule has 0 aliphatic carbocycles. The largest absolute Gasteiger partial charge is 0.374 e. The van der Waals surface area contributed by atoms with E-state index in [4.69, 9.17) is 0 Å². The Morgan fingerprint density at radius 3 is 2.11 bits per heavy atom. The van der Waals surface area contributed by atoms with Gasteiger partial charge in [0.2, 0.25) is 0 Å². The number of piperazine rings is 1. The van der Waals surface area contributed by atoms with Crippen LogP contribution in [0.25, 0.3) is 11.1 Å². The molecule has 1 fully saturated rings. The van der Waals surface area contributed by atoms with Crippen molar-refractivity contribution in [3.05, 3.63) is 78.6 Å². The number of nitrogens with zero attached hydrogens (tertiary/aromatic N) is 3. The first-order valence-corrected chi connectivity index (χ1v) is 9.68. The van der Waals surface area contributed by atoms with E-state index in [9.17, 15) is 9.90 Å². The number of carbonyl (C=O) groups is 1. The number of aliphatic hydroxyl groups is 1. The maximum atomic E-state index is 13.3. The molecule has 1 atom stereocenters. The van der Waals surface area contributed by atoms with Crippen LogP contribution < -0.4 is 4.90 Å². The first-order valence-electron chi connectivity index (χ1n) is 9.68. The van der Waals surface area contributed by atoms with Crippen LogP contribution in [-0.4, -0.2) is 46.7 Å². The summed E-state index contributed by atoms with van der Waals surface area (Å²) >= 11 is 0. The lowest BCUT2D eigenvalue weighted by Crippen LogP contribution is -2.48. The predicted octanol–water partition coefficient (Wildman–Crippen LogP) is 3.63. The molecule has 1 aliphatic heterocycles. The fourth-order valence-corrected chi connectivity index (χ4v) is 3.69. The highest BCUT2D eigenvalue weighted by Gasteiger charge is 2.26. The molecule has 2 heterocycles. The third kappa shape index (κ3) is 3.66. The molecule has 3 aromatic rings. The maximum Gasteiger partial charge on any atom is 0.256 e. The molecule has 5 nitrogen and oxygen atoms in total. The molecule has 1 N–H and O–H groups in total. The highest BCUT2D eigenvalue weighted by molar-refractivity contribution is 6.01. The summed E-state index contributed by atoms with van der Waals surface area (Å²) in [6.45, 7) is 4.69. The van der Waals surface area contributed by atoms with Crippen molar-refractivity contribution in [2.24, 2.45) is 0 Å². The highest BCUT2D eigenvalue weighted by Crippen LogP contribution is 2.28. The molecular weight excluding hydrogens is 350 g/mol. The van der Waals surface area contributed by atoms with Crippen molar-refractivity contribution in [2.75, 3.05) is 31.1 Å². The average molecular weight is 375 g/mol. The van der Waals surface area contributed by atoms with E-state index in [-0.39, 0.29) is 5.91 Å². The summed E-state index contributed by atoms with van der Waals surface area (Å²) in [6, 6.07) is 20.2. The Bertz CT molecular complexity index is 927. The summed E-state index contributed by atoms with van der Waals surface area (Å²) in [5.74, 6) is 0.0194. The molecule has 144 valence electrons. The van der Waals surface area contributed by atoms with Crippen LogP contribution in [-0.2, 0) is 0 Å². The molecule has 0 saturated carbocycles. The van der Waals surface area contributed by atoms with E-state index in [1.807, 2.05) is 59.6 Å². The van der Waals surface area contributed by atoms with Gasteiger partial charge in [0.05, 0.1) is 5.56 Å². The second-order valence-corrected chi connectivity index (χ2v) is 7.15. The molecule has 5 heteroatoms. The van der Waals surface area contributed by atoms with Gasteiger partial charge in [-0.3, -0.25) is 4.79 Å². The van der Waals surface area contributed by atoms with Crippen LogP contribution >= 0.6 is 0 Å². The van der Waals surface area contributed by atoms with Gasteiger partial charge in [0.15, 0.2) is 0 Å². The van der Waals surface area contributed by atoms with E-state index in [1.165, 1.54) is 5.69 Å². The van der Waals surface area contributed by atoms with E-state index in [1.54, 1.807) is 17.7 Å². The third-order valence-electron chi connectivity index (χ3n) is 5.28. The number of hydrogen-bond acceptors (Lipinski definition) is 3. The van der Waals surface area contributed by atoms with Gasteiger partial charge in [-0.1, -0.05) is 48.5 Å². The Balaban J connectivity index is 1.55. The Kier molecular flexibility index (Phi) is 5.17. The zero-order chi connectivity index (χ0) is 19.5. The summed E-state index contributed by atoms with van der Waals surface area (Å²) in [4.78, 5) is 17.5. The number of carbonyl (C=O) groups excluding carboxylic acids is 1. The standard InChI is InChI=1S/C23H25N3O2/c1-18(27)26-16-21(19-8-4-2-5-9-19)22(17-26)23(28)25-14-12-24(13-15-25)20-10-6-3-7-11-20/h2-11,16-18,27H,12-15H2,1H3. The van der Waals surface area contributed by atoms with Crippen molar-refractivity contribution in [1.29, 1.82) is 0 Å². The molecule has 1 amide bonds. The van der Waals surface area contributed by atoms with Crippen LogP contribution in [0.2, 0.25) is 0 Å². The molecular formula is C23H25N3O2. The highest BCUT2D eigenvalue weighted by atomic mass is 16.3. The van der Waals surface area contributed by atoms with E-state index < -0.39 is 6.23 Å². The first-order chi connectivity index (χ1) is 13.6. The van der Waals surface area contributed by atoms with Gasteiger partial charge < -0.3 is 19.5 Å². The molecule has 0 spiro atoms. The lowest BCUT2D eigenvalue weighted by Gasteiger charge is -2.36. The predicted molar refractivity (Wildman–Crippen MR) is 111 cm³/mol. The normalized spacial score (nSPS) is 15.5. The third-order valence-corrected chi connectivity index (χ3v) is 5.28. The van der Waals surface area contributed by atoms with Crippen LogP contribution in [0.5, 0.6) is 0 Å². The van der Waals surface area contributed by atoms with Crippen LogP contribution in [0.15, 0.2) is 73.1 Å². The quantitative estimate of drug-likeness (QED) is 0.758.